The van der Waals surface area contributed by atoms with Crippen LogP contribution in [0.4, 0.5) is 0 Å². The third kappa shape index (κ3) is 5.16. The first-order valence-corrected chi connectivity index (χ1v) is 7.28. The molecule has 1 fully saturated rings. The van der Waals surface area contributed by atoms with Crippen molar-refractivity contribution in [3.63, 3.8) is 0 Å². The van der Waals surface area contributed by atoms with Crippen molar-refractivity contribution in [3.8, 4) is 0 Å². The number of nitrogens with one attached hydrogen (secondary N) is 2. The molecule has 1 rings (SSSR count). The number of hydrogen-bond donors (Lipinski definition) is 4. The summed E-state index contributed by atoms with van der Waals surface area (Å²) in [7, 11) is 0. The van der Waals surface area contributed by atoms with Crippen LogP contribution in [0.15, 0.2) is 12.7 Å². The second-order valence-corrected chi connectivity index (χ2v) is 5.47. The molecule has 0 radical (unpaired) electrons. The average Bonchev–Trinajstić information content (AvgIpc) is 2.39. The van der Waals surface area contributed by atoms with Crippen LogP contribution >= 0.6 is 24.0 Å². The Morgan fingerprint density at radius 1 is 1.55 bits per heavy atom. The molecule has 0 spiro atoms. The largest absolute Gasteiger partial charge is 0.388 e. The molecule has 1 aliphatic heterocycles. The molecule has 1 saturated heterocycles. The van der Waals surface area contributed by atoms with E-state index >= 15 is 0 Å². The molecule has 0 aromatic heterocycles. The van der Waals surface area contributed by atoms with Crippen LogP contribution in [0.25, 0.3) is 0 Å². The lowest BCUT2D eigenvalue weighted by molar-refractivity contribution is -0.149. The molecule has 0 saturated carbocycles. The summed E-state index contributed by atoms with van der Waals surface area (Å²) >= 11 is 11.0. The Labute approximate surface area is 129 Å². The van der Waals surface area contributed by atoms with Gasteiger partial charge in [0.1, 0.15) is 18.3 Å². The van der Waals surface area contributed by atoms with Crippen LogP contribution in [0.2, 0.25) is 0 Å². The maximum atomic E-state index is 10.1. The van der Waals surface area contributed by atoms with Gasteiger partial charge in [-0.05, 0) is 30.9 Å². The zero-order valence-corrected chi connectivity index (χ0v) is 13.0. The fourth-order valence-electron chi connectivity index (χ4n) is 1.96. The third-order valence-electron chi connectivity index (χ3n) is 2.99. The standard InChI is InChI=1S/C12H22ClN3O3S/c1-3-5-16(13)6-9-11(18)10(17)8(7-19-9)15-12(20)14-4-2/h3,8-11,17-18H,1,4-7H2,2H3,(H2,14,15,20)/t8-,9+,10+,11+/m0/s1. The van der Waals surface area contributed by atoms with E-state index in [0.717, 1.165) is 0 Å². The zero-order chi connectivity index (χ0) is 15.1. The molecule has 1 aliphatic rings. The minimum Gasteiger partial charge on any atom is -0.388 e. The van der Waals surface area contributed by atoms with E-state index in [-0.39, 0.29) is 6.61 Å². The Morgan fingerprint density at radius 3 is 2.85 bits per heavy atom. The summed E-state index contributed by atoms with van der Waals surface area (Å²) in [5, 5.41) is 26.5. The van der Waals surface area contributed by atoms with Crippen LogP contribution in [0.3, 0.4) is 0 Å². The van der Waals surface area contributed by atoms with Gasteiger partial charge in [0.2, 0.25) is 0 Å². The van der Waals surface area contributed by atoms with Crippen LogP contribution < -0.4 is 10.6 Å². The lowest BCUT2D eigenvalue weighted by atomic mass is 9.98. The Morgan fingerprint density at radius 2 is 2.25 bits per heavy atom. The van der Waals surface area contributed by atoms with Gasteiger partial charge >= 0.3 is 0 Å². The van der Waals surface area contributed by atoms with E-state index in [1.807, 2.05) is 6.92 Å². The normalized spacial score (nSPS) is 30.1. The first kappa shape index (κ1) is 17.6. The number of hydrogen-bond acceptors (Lipinski definition) is 5. The summed E-state index contributed by atoms with van der Waals surface area (Å²) in [6, 6.07) is -0.448. The molecule has 1 heterocycles. The van der Waals surface area contributed by atoms with E-state index in [9.17, 15) is 10.2 Å². The van der Waals surface area contributed by atoms with Crippen molar-refractivity contribution >= 4 is 29.1 Å². The Hall–Kier alpha value is -0.440. The molecule has 20 heavy (non-hydrogen) atoms. The summed E-state index contributed by atoms with van der Waals surface area (Å²) in [6.07, 6.45) is -0.901. The second-order valence-electron chi connectivity index (χ2n) is 4.58. The first-order valence-electron chi connectivity index (χ1n) is 6.53. The molecule has 0 aliphatic carbocycles. The van der Waals surface area contributed by atoms with Crippen LogP contribution in [-0.4, -0.2) is 70.3 Å². The number of aliphatic hydroxyl groups is 2. The molecule has 4 N–H and O–H groups in total. The van der Waals surface area contributed by atoms with Gasteiger partial charge in [-0.3, -0.25) is 0 Å². The number of nitrogens with zero attached hydrogens (tertiary/aromatic N) is 1. The highest BCUT2D eigenvalue weighted by molar-refractivity contribution is 7.80. The second kappa shape index (κ2) is 8.76. The highest BCUT2D eigenvalue weighted by Gasteiger charge is 2.39. The molecule has 0 aromatic carbocycles. The van der Waals surface area contributed by atoms with Crippen molar-refractivity contribution in [1.29, 1.82) is 0 Å². The summed E-state index contributed by atoms with van der Waals surface area (Å²) in [5.74, 6) is 0. The van der Waals surface area contributed by atoms with Gasteiger partial charge in [0.05, 0.1) is 12.6 Å². The first-order chi connectivity index (χ1) is 9.49. The Kier molecular flexibility index (Phi) is 7.71. The van der Waals surface area contributed by atoms with Gasteiger partial charge in [0, 0.05) is 19.6 Å². The van der Waals surface area contributed by atoms with E-state index in [1.54, 1.807) is 6.08 Å². The molecule has 0 unspecified atom stereocenters. The fraction of sp³-hybridized carbons (Fsp3) is 0.750. The molecular formula is C12H22ClN3O3S. The molecule has 8 heteroatoms. The van der Waals surface area contributed by atoms with Gasteiger partial charge in [-0.2, -0.15) is 0 Å². The number of rotatable bonds is 6. The molecule has 0 aromatic rings. The van der Waals surface area contributed by atoms with Crippen molar-refractivity contribution < 1.29 is 14.9 Å². The lowest BCUT2D eigenvalue weighted by Gasteiger charge is -2.39. The van der Waals surface area contributed by atoms with E-state index in [4.69, 9.17) is 28.7 Å². The van der Waals surface area contributed by atoms with Crippen molar-refractivity contribution in [2.45, 2.75) is 31.3 Å². The van der Waals surface area contributed by atoms with Crippen molar-refractivity contribution in [2.75, 3.05) is 26.2 Å². The minimum atomic E-state index is -1.03. The maximum absolute atomic E-state index is 10.1. The van der Waals surface area contributed by atoms with E-state index in [2.05, 4.69) is 17.2 Å². The van der Waals surface area contributed by atoms with Crippen molar-refractivity contribution in [1.82, 2.24) is 15.1 Å². The van der Waals surface area contributed by atoms with Crippen LogP contribution in [0.1, 0.15) is 6.92 Å². The number of halogens is 1. The van der Waals surface area contributed by atoms with Gasteiger partial charge in [-0.15, -0.1) is 6.58 Å². The Balaban J connectivity index is 2.49. The highest BCUT2D eigenvalue weighted by Crippen LogP contribution is 2.17. The molecule has 0 bridgehead atoms. The third-order valence-corrected chi connectivity index (χ3v) is 3.53. The average molecular weight is 324 g/mol. The summed E-state index contributed by atoms with van der Waals surface area (Å²) in [4.78, 5) is 0. The van der Waals surface area contributed by atoms with Crippen molar-refractivity contribution in [2.24, 2.45) is 0 Å². The van der Waals surface area contributed by atoms with E-state index in [0.29, 0.717) is 24.7 Å². The van der Waals surface area contributed by atoms with Gasteiger partial charge in [-0.1, -0.05) is 6.08 Å². The molecule has 6 nitrogen and oxygen atoms in total. The fourth-order valence-corrected chi connectivity index (χ4v) is 2.49. The van der Waals surface area contributed by atoms with Gasteiger partial charge in [0.25, 0.3) is 0 Å². The summed E-state index contributed by atoms with van der Waals surface area (Å²) < 4.78 is 7.00. The summed E-state index contributed by atoms with van der Waals surface area (Å²) in [6.45, 7) is 7.20. The highest BCUT2D eigenvalue weighted by atomic mass is 35.5. The van der Waals surface area contributed by atoms with Crippen LogP contribution in [-0.2, 0) is 4.74 Å². The van der Waals surface area contributed by atoms with Crippen LogP contribution in [0.5, 0.6) is 0 Å². The molecule has 4 atom stereocenters. The quantitative estimate of drug-likeness (QED) is 0.301. The maximum Gasteiger partial charge on any atom is 0.166 e. The monoisotopic (exact) mass is 323 g/mol. The molecule has 0 amide bonds. The topological polar surface area (TPSA) is 77.0 Å². The number of aliphatic hydroxyl groups excluding tert-OH is 2. The van der Waals surface area contributed by atoms with Gasteiger partial charge < -0.3 is 25.6 Å². The van der Waals surface area contributed by atoms with E-state index < -0.39 is 24.4 Å². The molecular weight excluding hydrogens is 302 g/mol. The number of ether oxygens (including phenoxy) is 1. The predicted octanol–water partition coefficient (Wildman–Crippen LogP) is -0.399. The number of thiocarbonyl (C=S) groups is 1. The summed E-state index contributed by atoms with van der Waals surface area (Å²) in [5.41, 5.74) is 0. The van der Waals surface area contributed by atoms with Gasteiger partial charge in [-0.25, -0.2) is 4.42 Å². The lowest BCUT2D eigenvalue weighted by Crippen LogP contribution is -2.61. The zero-order valence-electron chi connectivity index (χ0n) is 11.5. The van der Waals surface area contributed by atoms with E-state index in [1.165, 1.54) is 4.42 Å². The van der Waals surface area contributed by atoms with Crippen molar-refractivity contribution in [3.05, 3.63) is 12.7 Å². The minimum absolute atomic E-state index is 0.243. The van der Waals surface area contributed by atoms with Gasteiger partial charge in [0.15, 0.2) is 5.11 Å². The molecule has 116 valence electrons. The smallest absolute Gasteiger partial charge is 0.166 e. The predicted molar refractivity (Wildman–Crippen MR) is 82.6 cm³/mol. The van der Waals surface area contributed by atoms with Crippen LogP contribution in [0, 0.1) is 0 Å². The Bertz CT molecular complexity index is 335. The SMILES string of the molecule is C=CCN(Cl)C[C@H]1OC[C@H](NC(=S)NCC)[C@@H](O)[C@@H]1O.